The first-order valence-corrected chi connectivity index (χ1v) is 10.2. The molecule has 0 aromatic heterocycles. The molecule has 2 heterocycles. The Labute approximate surface area is 166 Å². The number of benzene rings is 2. The van der Waals surface area contributed by atoms with Crippen LogP contribution in [-0.4, -0.2) is 42.8 Å². The number of rotatable bonds is 4. The lowest BCUT2D eigenvalue weighted by Crippen LogP contribution is -2.36. The number of carbonyl (C=O) groups is 3. The van der Waals surface area contributed by atoms with Crippen molar-refractivity contribution in [2.45, 2.75) is 17.7 Å². The van der Waals surface area contributed by atoms with Crippen LogP contribution in [0.4, 0.5) is 5.69 Å². The maximum atomic E-state index is 12.5. The lowest BCUT2D eigenvalue weighted by atomic mass is 10.2. The summed E-state index contributed by atoms with van der Waals surface area (Å²) in [5.41, 5.74) is 0.672. The Morgan fingerprint density at radius 2 is 1.72 bits per heavy atom. The Morgan fingerprint density at radius 1 is 1.03 bits per heavy atom. The number of hydrogen-bond acceptors (Lipinski definition) is 6. The van der Waals surface area contributed by atoms with Gasteiger partial charge >= 0.3 is 0 Å². The standard InChI is InChI=1S/C19H16N4O5S/c24-17(20-16-12-18(25)23(21-16)13-6-2-1-3-7-13)10-11-22-19(26)14-8-4-5-9-15(14)29(22,27)28/h1-9H,10-12H2,(H,20,21,24). The average molecular weight is 412 g/mol. The summed E-state index contributed by atoms with van der Waals surface area (Å²) in [5.74, 6) is -1.32. The number of hydrazone groups is 1. The molecule has 0 bridgehead atoms. The van der Waals surface area contributed by atoms with E-state index in [1.165, 1.54) is 23.2 Å². The Bertz CT molecular complexity index is 1140. The van der Waals surface area contributed by atoms with E-state index in [0.29, 0.717) is 9.99 Å². The van der Waals surface area contributed by atoms with E-state index in [1.54, 1.807) is 30.3 Å². The first-order chi connectivity index (χ1) is 13.9. The van der Waals surface area contributed by atoms with Gasteiger partial charge in [-0.3, -0.25) is 14.4 Å². The van der Waals surface area contributed by atoms with Crippen LogP contribution in [0.3, 0.4) is 0 Å². The molecule has 2 aliphatic rings. The number of nitrogens with one attached hydrogen (secondary N) is 1. The van der Waals surface area contributed by atoms with E-state index in [9.17, 15) is 22.8 Å². The van der Waals surface area contributed by atoms with E-state index < -0.39 is 21.8 Å². The molecule has 0 fully saturated rings. The molecular weight excluding hydrogens is 396 g/mol. The van der Waals surface area contributed by atoms with Gasteiger partial charge in [-0.05, 0) is 24.3 Å². The number of fused-ring (bicyclic) bond motifs is 1. The summed E-state index contributed by atoms with van der Waals surface area (Å²) >= 11 is 0. The number of hydrogen-bond donors (Lipinski definition) is 1. The molecule has 0 saturated carbocycles. The predicted octanol–water partition coefficient (Wildman–Crippen LogP) is 1.09. The SMILES string of the molecule is O=C(CCN1C(=O)c2ccccc2S1(=O)=O)NC1=NN(c2ccccc2)C(=O)C1. The van der Waals surface area contributed by atoms with E-state index in [4.69, 9.17) is 0 Å². The molecule has 4 rings (SSSR count). The van der Waals surface area contributed by atoms with Crippen LogP contribution >= 0.6 is 0 Å². The third-order valence-corrected chi connectivity index (χ3v) is 6.35. The van der Waals surface area contributed by atoms with Crippen LogP contribution < -0.4 is 10.3 Å². The number of anilines is 1. The van der Waals surface area contributed by atoms with Crippen LogP contribution in [-0.2, 0) is 19.6 Å². The van der Waals surface area contributed by atoms with Gasteiger partial charge in [0, 0.05) is 13.0 Å². The molecule has 10 heteroatoms. The summed E-state index contributed by atoms with van der Waals surface area (Å²) in [6.07, 6.45) is -0.329. The summed E-state index contributed by atoms with van der Waals surface area (Å²) in [7, 11) is -3.96. The van der Waals surface area contributed by atoms with Gasteiger partial charge in [-0.1, -0.05) is 30.3 Å². The highest BCUT2D eigenvalue weighted by atomic mass is 32.2. The fourth-order valence-corrected chi connectivity index (χ4v) is 4.72. The maximum absolute atomic E-state index is 12.5. The predicted molar refractivity (Wildman–Crippen MR) is 103 cm³/mol. The molecule has 2 aromatic rings. The lowest BCUT2D eigenvalue weighted by molar-refractivity contribution is -0.119. The van der Waals surface area contributed by atoms with Crippen LogP contribution in [0.5, 0.6) is 0 Å². The average Bonchev–Trinajstić information content (AvgIpc) is 3.16. The summed E-state index contributed by atoms with van der Waals surface area (Å²) < 4.78 is 25.7. The van der Waals surface area contributed by atoms with Crippen LogP contribution in [0.25, 0.3) is 0 Å². The lowest BCUT2D eigenvalue weighted by Gasteiger charge is -2.14. The molecule has 0 radical (unpaired) electrons. The van der Waals surface area contributed by atoms with Gasteiger partial charge in [0.2, 0.25) is 5.91 Å². The van der Waals surface area contributed by atoms with E-state index in [-0.39, 0.29) is 41.6 Å². The Hall–Kier alpha value is -3.53. The van der Waals surface area contributed by atoms with Crippen molar-refractivity contribution >= 4 is 39.3 Å². The van der Waals surface area contributed by atoms with Crippen molar-refractivity contribution in [2.24, 2.45) is 5.10 Å². The number of para-hydroxylation sites is 1. The minimum Gasteiger partial charge on any atom is -0.312 e. The largest absolute Gasteiger partial charge is 0.312 e. The summed E-state index contributed by atoms with van der Waals surface area (Å²) in [4.78, 5) is 36.6. The fourth-order valence-electron chi connectivity index (χ4n) is 3.15. The van der Waals surface area contributed by atoms with Gasteiger partial charge in [-0.15, -0.1) is 0 Å². The molecule has 9 nitrogen and oxygen atoms in total. The van der Waals surface area contributed by atoms with Gasteiger partial charge in [-0.2, -0.15) is 10.1 Å². The topological polar surface area (TPSA) is 116 Å². The van der Waals surface area contributed by atoms with Gasteiger partial charge < -0.3 is 5.32 Å². The highest BCUT2D eigenvalue weighted by molar-refractivity contribution is 7.90. The van der Waals surface area contributed by atoms with Gasteiger partial charge in [0.05, 0.1) is 17.7 Å². The Balaban J connectivity index is 1.40. The van der Waals surface area contributed by atoms with Gasteiger partial charge in [0.1, 0.15) is 10.7 Å². The van der Waals surface area contributed by atoms with E-state index in [2.05, 4.69) is 10.4 Å². The van der Waals surface area contributed by atoms with E-state index >= 15 is 0 Å². The Morgan fingerprint density at radius 3 is 2.45 bits per heavy atom. The minimum atomic E-state index is -3.96. The second-order valence-corrected chi connectivity index (χ2v) is 8.27. The van der Waals surface area contributed by atoms with Crippen molar-refractivity contribution in [1.29, 1.82) is 0 Å². The molecule has 148 valence electrons. The molecule has 2 aromatic carbocycles. The second kappa shape index (κ2) is 7.13. The molecule has 0 atom stereocenters. The van der Waals surface area contributed by atoms with Gasteiger partial charge in [0.25, 0.3) is 21.8 Å². The molecule has 2 aliphatic heterocycles. The quantitative estimate of drug-likeness (QED) is 0.807. The molecule has 1 N–H and O–H groups in total. The molecule has 0 unspecified atom stereocenters. The van der Waals surface area contributed by atoms with Crippen molar-refractivity contribution in [2.75, 3.05) is 11.6 Å². The van der Waals surface area contributed by atoms with Crippen molar-refractivity contribution < 1.29 is 22.8 Å². The monoisotopic (exact) mass is 412 g/mol. The highest BCUT2D eigenvalue weighted by Crippen LogP contribution is 2.29. The van der Waals surface area contributed by atoms with Crippen molar-refractivity contribution in [3.63, 3.8) is 0 Å². The molecule has 29 heavy (non-hydrogen) atoms. The zero-order chi connectivity index (χ0) is 20.6. The number of sulfonamides is 1. The zero-order valence-electron chi connectivity index (χ0n) is 15.1. The number of amidine groups is 1. The number of amides is 3. The first kappa shape index (κ1) is 18.8. The maximum Gasteiger partial charge on any atom is 0.269 e. The van der Waals surface area contributed by atoms with Crippen molar-refractivity contribution in [1.82, 2.24) is 9.62 Å². The summed E-state index contributed by atoms with van der Waals surface area (Å²) in [6.45, 7) is -0.300. The van der Waals surface area contributed by atoms with Gasteiger partial charge in [0.15, 0.2) is 0 Å². The minimum absolute atomic E-state index is 0.0605. The molecule has 3 amide bonds. The fraction of sp³-hybridized carbons (Fsp3) is 0.158. The number of carbonyl (C=O) groups excluding carboxylic acids is 3. The Kier molecular flexibility index (Phi) is 4.63. The summed E-state index contributed by atoms with van der Waals surface area (Å²) in [6, 6.07) is 14.7. The summed E-state index contributed by atoms with van der Waals surface area (Å²) in [5, 5.41) is 7.81. The first-order valence-electron chi connectivity index (χ1n) is 8.79. The number of nitrogens with zero attached hydrogens (tertiary/aromatic N) is 3. The molecule has 0 saturated heterocycles. The molecule has 0 aliphatic carbocycles. The smallest absolute Gasteiger partial charge is 0.269 e. The zero-order valence-corrected chi connectivity index (χ0v) is 15.9. The van der Waals surface area contributed by atoms with Crippen LogP contribution in [0.2, 0.25) is 0 Å². The van der Waals surface area contributed by atoms with E-state index in [1.807, 2.05) is 6.07 Å². The molecular formula is C19H16N4O5S. The van der Waals surface area contributed by atoms with E-state index in [0.717, 1.165) is 0 Å². The van der Waals surface area contributed by atoms with Crippen molar-refractivity contribution in [3.8, 4) is 0 Å². The van der Waals surface area contributed by atoms with Crippen molar-refractivity contribution in [3.05, 3.63) is 60.2 Å². The van der Waals surface area contributed by atoms with Crippen LogP contribution in [0, 0.1) is 0 Å². The second-order valence-electron chi connectivity index (χ2n) is 6.44. The van der Waals surface area contributed by atoms with Gasteiger partial charge in [-0.25, -0.2) is 12.7 Å². The van der Waals surface area contributed by atoms with Crippen LogP contribution in [0.15, 0.2) is 64.6 Å². The third kappa shape index (κ3) is 3.38. The third-order valence-electron chi connectivity index (χ3n) is 4.51. The molecule has 0 spiro atoms. The highest BCUT2D eigenvalue weighted by Gasteiger charge is 2.40. The van der Waals surface area contributed by atoms with Crippen LogP contribution in [0.1, 0.15) is 23.2 Å². The normalized spacial score (nSPS) is 17.3.